The number of nitriles is 1. The molecule has 1 fully saturated rings. The van der Waals surface area contributed by atoms with Crippen molar-refractivity contribution in [3.63, 3.8) is 0 Å². The Morgan fingerprint density at radius 2 is 2.25 bits per heavy atom. The van der Waals surface area contributed by atoms with Crippen molar-refractivity contribution in [2.75, 3.05) is 6.54 Å². The van der Waals surface area contributed by atoms with E-state index in [0.717, 1.165) is 18.7 Å². The van der Waals surface area contributed by atoms with Crippen LogP contribution in [0.1, 0.15) is 29.8 Å². The highest BCUT2D eigenvalue weighted by Crippen LogP contribution is 2.25. The highest BCUT2D eigenvalue weighted by Gasteiger charge is 2.34. The first kappa shape index (κ1) is 16.7. The first-order valence-corrected chi connectivity index (χ1v) is 9.57. The Bertz CT molecular complexity index is 867. The number of sulfonamides is 1. The van der Waals surface area contributed by atoms with Gasteiger partial charge in [-0.1, -0.05) is 12.1 Å². The fraction of sp³-hybridized carbons (Fsp3) is 0.412. The van der Waals surface area contributed by atoms with E-state index in [1.54, 1.807) is 34.8 Å². The van der Waals surface area contributed by atoms with Gasteiger partial charge in [0.25, 0.3) is 0 Å². The van der Waals surface area contributed by atoms with Crippen LogP contribution in [0.25, 0.3) is 0 Å². The molecule has 0 bridgehead atoms. The fourth-order valence-electron chi connectivity index (χ4n) is 3.21. The van der Waals surface area contributed by atoms with Gasteiger partial charge in [0.15, 0.2) is 0 Å². The molecular formula is C17H20N4O2S. The van der Waals surface area contributed by atoms with E-state index in [2.05, 4.69) is 4.98 Å². The number of nitrogens with zero attached hydrogens (tertiary/aromatic N) is 4. The van der Waals surface area contributed by atoms with Gasteiger partial charge in [-0.2, -0.15) is 9.57 Å². The maximum absolute atomic E-state index is 12.8. The van der Waals surface area contributed by atoms with Crippen molar-refractivity contribution in [2.45, 2.75) is 38.1 Å². The van der Waals surface area contributed by atoms with Crippen LogP contribution in [0.5, 0.6) is 0 Å². The number of hydrogen-bond donors (Lipinski definition) is 0. The molecule has 6 nitrogen and oxygen atoms in total. The lowest BCUT2D eigenvalue weighted by Gasteiger charge is -2.25. The van der Waals surface area contributed by atoms with Gasteiger partial charge < -0.3 is 4.57 Å². The maximum Gasteiger partial charge on any atom is 0.218 e. The zero-order valence-electron chi connectivity index (χ0n) is 13.6. The summed E-state index contributed by atoms with van der Waals surface area (Å²) in [5, 5.41) is 8.97. The van der Waals surface area contributed by atoms with Crippen molar-refractivity contribution in [3.05, 3.63) is 53.6 Å². The van der Waals surface area contributed by atoms with E-state index in [1.165, 1.54) is 0 Å². The van der Waals surface area contributed by atoms with Gasteiger partial charge in [0, 0.05) is 31.5 Å². The summed E-state index contributed by atoms with van der Waals surface area (Å²) >= 11 is 0. The molecule has 0 saturated carbocycles. The number of benzene rings is 1. The molecule has 7 heteroatoms. The van der Waals surface area contributed by atoms with Gasteiger partial charge in [-0.15, -0.1) is 0 Å². The van der Waals surface area contributed by atoms with E-state index < -0.39 is 10.0 Å². The van der Waals surface area contributed by atoms with Crippen LogP contribution in [0, 0.1) is 18.3 Å². The standard InChI is InChI=1S/C17H20N4O2S/c1-14-19-7-9-20(14)12-17-6-3-8-21(17)24(22,23)13-16-5-2-4-15(10-16)11-18/h2,4-5,7,9-10,17H,3,6,8,12-13H2,1H3. The molecule has 2 heterocycles. The van der Waals surface area contributed by atoms with Crippen molar-refractivity contribution < 1.29 is 8.42 Å². The van der Waals surface area contributed by atoms with Crippen LogP contribution in [0.2, 0.25) is 0 Å². The molecule has 1 aromatic heterocycles. The molecule has 0 radical (unpaired) electrons. The van der Waals surface area contributed by atoms with Crippen LogP contribution in [0.4, 0.5) is 0 Å². The summed E-state index contributed by atoms with van der Waals surface area (Å²) in [5.41, 5.74) is 1.13. The predicted molar refractivity (Wildman–Crippen MR) is 90.5 cm³/mol. The van der Waals surface area contributed by atoms with Crippen LogP contribution >= 0.6 is 0 Å². The monoisotopic (exact) mass is 344 g/mol. The summed E-state index contributed by atoms with van der Waals surface area (Å²) in [5.74, 6) is 0.822. The number of hydrogen-bond acceptors (Lipinski definition) is 4. The van der Waals surface area contributed by atoms with Crippen LogP contribution in [0.15, 0.2) is 36.7 Å². The Kier molecular flexibility index (Phi) is 4.69. The van der Waals surface area contributed by atoms with E-state index in [1.807, 2.05) is 23.8 Å². The van der Waals surface area contributed by atoms with Gasteiger partial charge in [0.05, 0.1) is 17.4 Å². The molecule has 1 atom stereocenters. The third kappa shape index (κ3) is 3.50. The first-order valence-electron chi connectivity index (χ1n) is 7.96. The lowest BCUT2D eigenvalue weighted by atomic mass is 10.2. The summed E-state index contributed by atoms with van der Waals surface area (Å²) in [6.07, 6.45) is 5.34. The molecular weight excluding hydrogens is 324 g/mol. The van der Waals surface area contributed by atoms with Gasteiger partial charge >= 0.3 is 0 Å². The molecule has 3 rings (SSSR count). The smallest absolute Gasteiger partial charge is 0.218 e. The maximum atomic E-state index is 12.8. The van der Waals surface area contributed by atoms with E-state index >= 15 is 0 Å². The second kappa shape index (κ2) is 6.75. The van der Waals surface area contributed by atoms with Crippen molar-refractivity contribution in [1.29, 1.82) is 5.26 Å². The molecule has 1 unspecified atom stereocenters. The zero-order valence-corrected chi connectivity index (χ0v) is 14.4. The molecule has 0 spiro atoms. The average Bonchev–Trinajstić information content (AvgIpc) is 3.17. The molecule has 0 aliphatic carbocycles. The predicted octanol–water partition coefficient (Wildman–Crippen LogP) is 2.06. The van der Waals surface area contributed by atoms with Gasteiger partial charge in [-0.05, 0) is 37.5 Å². The number of aryl methyl sites for hydroxylation is 1. The van der Waals surface area contributed by atoms with Gasteiger partial charge in [-0.25, -0.2) is 13.4 Å². The third-order valence-electron chi connectivity index (χ3n) is 4.42. The fourth-order valence-corrected chi connectivity index (χ4v) is 5.01. The largest absolute Gasteiger partial charge is 0.334 e. The Morgan fingerprint density at radius 3 is 2.96 bits per heavy atom. The third-order valence-corrected chi connectivity index (χ3v) is 6.31. The summed E-state index contributed by atoms with van der Waals surface area (Å²) < 4.78 is 29.3. The molecule has 0 amide bonds. The topological polar surface area (TPSA) is 79.0 Å². The highest BCUT2D eigenvalue weighted by molar-refractivity contribution is 7.88. The highest BCUT2D eigenvalue weighted by atomic mass is 32.2. The average molecular weight is 344 g/mol. The Hall–Kier alpha value is -2.17. The minimum absolute atomic E-state index is 0.0398. The first-order chi connectivity index (χ1) is 11.5. The second-order valence-electron chi connectivity index (χ2n) is 6.10. The minimum Gasteiger partial charge on any atom is -0.334 e. The molecule has 1 aliphatic heterocycles. The summed E-state index contributed by atoms with van der Waals surface area (Å²) in [7, 11) is -3.41. The Balaban J connectivity index is 1.77. The van der Waals surface area contributed by atoms with Gasteiger partial charge in [-0.3, -0.25) is 0 Å². The zero-order chi connectivity index (χ0) is 17.2. The Labute approximate surface area is 142 Å². The molecule has 1 aliphatic rings. The van der Waals surface area contributed by atoms with E-state index in [0.29, 0.717) is 24.2 Å². The SMILES string of the molecule is Cc1nccn1CC1CCCN1S(=O)(=O)Cc1cccc(C#N)c1. The van der Waals surface area contributed by atoms with Crippen LogP contribution < -0.4 is 0 Å². The van der Waals surface area contributed by atoms with Crippen molar-refractivity contribution in [2.24, 2.45) is 0 Å². The van der Waals surface area contributed by atoms with E-state index in [9.17, 15) is 8.42 Å². The minimum atomic E-state index is -3.41. The van der Waals surface area contributed by atoms with Gasteiger partial charge in [0.1, 0.15) is 5.82 Å². The molecule has 0 N–H and O–H groups in total. The quantitative estimate of drug-likeness (QED) is 0.831. The number of imidazole rings is 1. The Morgan fingerprint density at radius 1 is 1.42 bits per heavy atom. The lowest BCUT2D eigenvalue weighted by Crippen LogP contribution is -2.38. The van der Waals surface area contributed by atoms with E-state index in [-0.39, 0.29) is 11.8 Å². The van der Waals surface area contributed by atoms with Gasteiger partial charge in [0.2, 0.25) is 10.0 Å². The molecule has 2 aromatic rings. The molecule has 126 valence electrons. The van der Waals surface area contributed by atoms with Crippen molar-refractivity contribution in [3.8, 4) is 6.07 Å². The molecule has 1 aromatic carbocycles. The van der Waals surface area contributed by atoms with Crippen LogP contribution in [-0.2, 0) is 22.3 Å². The van der Waals surface area contributed by atoms with Crippen LogP contribution in [0.3, 0.4) is 0 Å². The summed E-state index contributed by atoms with van der Waals surface area (Å²) in [6.45, 7) is 3.10. The number of rotatable bonds is 5. The molecule has 1 saturated heterocycles. The van der Waals surface area contributed by atoms with Crippen molar-refractivity contribution >= 4 is 10.0 Å². The summed E-state index contributed by atoms with van der Waals surface area (Å²) in [4.78, 5) is 4.20. The van der Waals surface area contributed by atoms with Crippen molar-refractivity contribution in [1.82, 2.24) is 13.9 Å². The lowest BCUT2D eigenvalue weighted by molar-refractivity contribution is 0.349. The number of aromatic nitrogens is 2. The summed E-state index contributed by atoms with van der Waals surface area (Å²) in [6, 6.07) is 8.80. The molecule has 24 heavy (non-hydrogen) atoms. The second-order valence-corrected chi connectivity index (χ2v) is 8.02. The van der Waals surface area contributed by atoms with E-state index in [4.69, 9.17) is 5.26 Å². The van der Waals surface area contributed by atoms with Crippen LogP contribution in [-0.4, -0.2) is 34.9 Å². The normalized spacial score (nSPS) is 18.6.